The van der Waals surface area contributed by atoms with Crippen molar-refractivity contribution in [3.05, 3.63) is 131 Å². The Morgan fingerprint density at radius 1 is 0.682 bits per heavy atom. The first-order valence-electron chi connectivity index (χ1n) is 15.2. The van der Waals surface area contributed by atoms with Gasteiger partial charge in [0.05, 0.1) is 31.5 Å². The van der Waals surface area contributed by atoms with Crippen molar-refractivity contribution in [1.82, 2.24) is 5.32 Å². The molecule has 224 valence electrons. The molecule has 6 rings (SSSR count). The summed E-state index contributed by atoms with van der Waals surface area (Å²) in [4.78, 5) is 44.6. The molecule has 1 heterocycles. The highest BCUT2D eigenvalue weighted by Crippen LogP contribution is 2.53. The summed E-state index contributed by atoms with van der Waals surface area (Å²) in [6, 6.07) is 34.2. The van der Waals surface area contributed by atoms with Gasteiger partial charge in [0.2, 0.25) is 0 Å². The zero-order valence-electron chi connectivity index (χ0n) is 25.1. The van der Waals surface area contributed by atoms with E-state index >= 15 is 9.59 Å². The molecule has 1 N–H and O–H groups in total. The lowest BCUT2D eigenvalue weighted by Crippen LogP contribution is -2.56. The first-order chi connectivity index (χ1) is 21.5. The quantitative estimate of drug-likeness (QED) is 0.230. The van der Waals surface area contributed by atoms with Gasteiger partial charge in [-0.05, 0) is 29.7 Å². The summed E-state index contributed by atoms with van der Waals surface area (Å²) in [6.45, 7) is 0.871. The smallest absolute Gasteiger partial charge is 0.158 e. The van der Waals surface area contributed by atoms with Gasteiger partial charge in [-0.1, -0.05) is 97.1 Å². The normalized spacial score (nSPS) is 22.5. The van der Waals surface area contributed by atoms with Crippen LogP contribution >= 0.6 is 0 Å². The van der Waals surface area contributed by atoms with Gasteiger partial charge in [-0.2, -0.15) is 0 Å². The van der Waals surface area contributed by atoms with Crippen molar-refractivity contribution in [2.75, 3.05) is 27.3 Å². The number of nitrogens with one attached hydrogen (secondary N) is 1. The number of hydrogen-bond acceptors (Lipinski definition) is 6. The molecule has 0 aromatic heterocycles. The summed E-state index contributed by atoms with van der Waals surface area (Å²) >= 11 is 0. The van der Waals surface area contributed by atoms with Crippen LogP contribution in [0.1, 0.15) is 46.9 Å². The van der Waals surface area contributed by atoms with Gasteiger partial charge in [-0.25, -0.2) is 0 Å². The number of ketones is 3. The Balaban J connectivity index is 1.61. The molecule has 0 bridgehead atoms. The third kappa shape index (κ3) is 5.03. The maximum Gasteiger partial charge on any atom is 0.158 e. The second kappa shape index (κ2) is 12.6. The average molecular weight is 588 g/mol. The first-order valence-corrected chi connectivity index (χ1v) is 15.2. The predicted octanol–water partition coefficient (Wildman–Crippen LogP) is 5.99. The van der Waals surface area contributed by atoms with E-state index in [9.17, 15) is 4.79 Å². The van der Waals surface area contributed by atoms with Crippen LogP contribution in [0.5, 0.6) is 11.5 Å². The summed E-state index contributed by atoms with van der Waals surface area (Å²) in [5, 5.41) is 3.37. The number of Topliss-reactive ketones (excluding diaryl/α,β-unsaturated/α-hetero) is 3. The minimum Gasteiger partial charge on any atom is -0.496 e. The highest BCUT2D eigenvalue weighted by Gasteiger charge is 2.62. The van der Waals surface area contributed by atoms with Gasteiger partial charge in [0, 0.05) is 42.5 Å². The van der Waals surface area contributed by atoms with Crippen LogP contribution in [0, 0.1) is 17.3 Å². The van der Waals surface area contributed by atoms with E-state index in [1.54, 1.807) is 14.2 Å². The lowest BCUT2D eigenvalue weighted by molar-refractivity contribution is -0.152. The fourth-order valence-electron chi connectivity index (χ4n) is 7.52. The summed E-state index contributed by atoms with van der Waals surface area (Å²) < 4.78 is 11.6. The number of hydrogen-bond donors (Lipinski definition) is 1. The van der Waals surface area contributed by atoms with Gasteiger partial charge >= 0.3 is 0 Å². The first kappa shape index (κ1) is 29.5. The highest BCUT2D eigenvalue weighted by molar-refractivity contribution is 6.15. The van der Waals surface area contributed by atoms with E-state index in [1.807, 2.05) is 109 Å². The van der Waals surface area contributed by atoms with E-state index in [1.165, 1.54) is 0 Å². The number of rotatable bonds is 10. The standard InChI is InChI=1S/C38H37NO5/c1-43-32-19-11-9-17-27(32)34(25-13-5-3-6-14-25)36(41)38(22-21-31(40)29-23-39-24-30(29)38)37(42)35(26-15-7-4-8-16-26)28-18-10-12-20-33(28)44-2/h3-20,29-30,34-35,39H,21-24H2,1-2H3/t29-,30+,34?,35?,38?/m0/s1. The van der Waals surface area contributed by atoms with Crippen LogP contribution in [-0.2, 0) is 14.4 Å². The molecule has 0 radical (unpaired) electrons. The van der Waals surface area contributed by atoms with E-state index in [0.717, 1.165) is 11.1 Å². The van der Waals surface area contributed by atoms with Crippen LogP contribution < -0.4 is 14.8 Å². The van der Waals surface area contributed by atoms with Crippen molar-refractivity contribution in [2.45, 2.75) is 24.7 Å². The van der Waals surface area contributed by atoms with Crippen molar-refractivity contribution in [1.29, 1.82) is 0 Å². The molecular weight excluding hydrogens is 550 g/mol. The number of methoxy groups -OCH3 is 2. The van der Waals surface area contributed by atoms with E-state index in [-0.39, 0.29) is 30.2 Å². The Labute approximate surface area is 258 Å². The monoisotopic (exact) mass is 587 g/mol. The van der Waals surface area contributed by atoms with E-state index in [2.05, 4.69) is 5.32 Å². The zero-order valence-corrected chi connectivity index (χ0v) is 25.1. The second-order valence-corrected chi connectivity index (χ2v) is 11.7. The van der Waals surface area contributed by atoms with Crippen molar-refractivity contribution in [3.63, 3.8) is 0 Å². The van der Waals surface area contributed by atoms with Gasteiger partial charge in [0.15, 0.2) is 11.6 Å². The van der Waals surface area contributed by atoms with Crippen molar-refractivity contribution < 1.29 is 23.9 Å². The lowest BCUT2D eigenvalue weighted by atomic mass is 9.53. The maximum atomic E-state index is 15.7. The molecule has 1 aliphatic carbocycles. The molecule has 0 amide bonds. The molecule has 44 heavy (non-hydrogen) atoms. The summed E-state index contributed by atoms with van der Waals surface area (Å²) in [5.74, 6) is -1.58. The third-order valence-corrected chi connectivity index (χ3v) is 9.60. The number of fused-ring (bicyclic) bond motifs is 1. The SMILES string of the molecule is COc1ccccc1C(C(=O)C1(C(=O)C(c2ccccc2)c2ccccc2OC)CCC(=O)[C@H]2CNC[C@H]21)c1ccccc1. The molecule has 0 spiro atoms. The summed E-state index contributed by atoms with van der Waals surface area (Å²) in [6.07, 6.45) is 0.324. The number of para-hydroxylation sites is 2. The van der Waals surface area contributed by atoms with Gasteiger partial charge in [-0.3, -0.25) is 14.4 Å². The minimum absolute atomic E-state index is 0.110. The van der Waals surface area contributed by atoms with Crippen molar-refractivity contribution in [2.24, 2.45) is 17.3 Å². The van der Waals surface area contributed by atoms with Crippen LogP contribution in [0.3, 0.4) is 0 Å². The van der Waals surface area contributed by atoms with Crippen LogP contribution in [-0.4, -0.2) is 44.7 Å². The number of benzene rings is 4. The number of ether oxygens (including phenoxy) is 2. The number of carbonyl (C=O) groups is 3. The average Bonchev–Trinajstić information content (AvgIpc) is 3.58. The van der Waals surface area contributed by atoms with Gasteiger partial charge in [0.25, 0.3) is 0 Å². The minimum atomic E-state index is -1.45. The molecule has 6 heteroatoms. The maximum absolute atomic E-state index is 15.7. The molecule has 4 atom stereocenters. The molecule has 1 aliphatic heterocycles. The van der Waals surface area contributed by atoms with E-state index in [4.69, 9.17) is 9.47 Å². The van der Waals surface area contributed by atoms with Gasteiger partial charge < -0.3 is 14.8 Å². The molecule has 2 aliphatic rings. The Bertz CT molecular complexity index is 1550. The largest absolute Gasteiger partial charge is 0.496 e. The highest BCUT2D eigenvalue weighted by atomic mass is 16.5. The fourth-order valence-corrected chi connectivity index (χ4v) is 7.52. The topological polar surface area (TPSA) is 81.7 Å². The lowest BCUT2D eigenvalue weighted by Gasteiger charge is -2.45. The van der Waals surface area contributed by atoms with E-state index in [0.29, 0.717) is 35.7 Å². The Morgan fingerprint density at radius 2 is 1.14 bits per heavy atom. The third-order valence-electron chi connectivity index (χ3n) is 9.60. The van der Waals surface area contributed by atoms with Crippen LogP contribution in [0.25, 0.3) is 0 Å². The molecule has 4 aromatic carbocycles. The van der Waals surface area contributed by atoms with Gasteiger partial charge in [-0.15, -0.1) is 0 Å². The van der Waals surface area contributed by atoms with Crippen molar-refractivity contribution >= 4 is 17.3 Å². The van der Waals surface area contributed by atoms with Crippen molar-refractivity contribution in [3.8, 4) is 11.5 Å². The Morgan fingerprint density at radius 3 is 1.61 bits per heavy atom. The van der Waals surface area contributed by atoms with E-state index < -0.39 is 29.1 Å². The zero-order chi connectivity index (χ0) is 30.7. The molecule has 2 unspecified atom stereocenters. The molecular formula is C38H37NO5. The Hall–Kier alpha value is -4.55. The molecule has 6 nitrogen and oxygen atoms in total. The molecule has 1 saturated heterocycles. The van der Waals surface area contributed by atoms with Crippen LogP contribution in [0.4, 0.5) is 0 Å². The van der Waals surface area contributed by atoms with Crippen LogP contribution in [0.2, 0.25) is 0 Å². The summed E-state index contributed by atoms with van der Waals surface area (Å²) in [5.41, 5.74) is 1.51. The second-order valence-electron chi connectivity index (χ2n) is 11.7. The Kier molecular flexibility index (Phi) is 8.45. The fraction of sp³-hybridized carbons (Fsp3) is 0.289. The molecule has 4 aromatic rings. The molecule has 1 saturated carbocycles. The summed E-state index contributed by atoms with van der Waals surface area (Å²) in [7, 11) is 3.19. The van der Waals surface area contributed by atoms with Crippen LogP contribution in [0.15, 0.2) is 109 Å². The van der Waals surface area contributed by atoms with Gasteiger partial charge in [0.1, 0.15) is 17.3 Å². The number of carbonyl (C=O) groups excluding carboxylic acids is 3. The predicted molar refractivity (Wildman–Crippen MR) is 169 cm³/mol. The molecule has 2 fully saturated rings.